The van der Waals surface area contributed by atoms with Gasteiger partial charge in [-0.3, -0.25) is 4.79 Å². The first-order chi connectivity index (χ1) is 37.6. The Morgan fingerprint density at radius 3 is 1.38 bits per heavy atom. The van der Waals surface area contributed by atoms with Crippen molar-refractivity contribution < 1.29 is 64.6 Å². The molecule has 0 aromatic carbocycles. The molecule has 12 unspecified atom stereocenters. The third-order valence-corrected chi connectivity index (χ3v) is 13.7. The molecule has 9 N–H and O–H groups in total. The quantitative estimate of drug-likeness (QED) is 0.0205. The molecule has 0 radical (unpaired) electrons. The lowest BCUT2D eigenvalue weighted by Gasteiger charge is -2.46. The molecule has 0 aromatic heterocycles. The minimum absolute atomic E-state index is 0.257. The van der Waals surface area contributed by atoms with Crippen LogP contribution in [0.25, 0.3) is 0 Å². The van der Waals surface area contributed by atoms with E-state index >= 15 is 0 Å². The molecule has 12 atom stereocenters. The van der Waals surface area contributed by atoms with E-state index in [2.05, 4.69) is 116 Å². The van der Waals surface area contributed by atoms with Crippen LogP contribution in [0.15, 0.2) is 109 Å². The number of hydrogen-bond acceptors (Lipinski definition) is 13. The highest BCUT2D eigenvalue weighted by Gasteiger charge is 2.51. The maximum absolute atomic E-state index is 13.2. The summed E-state index contributed by atoms with van der Waals surface area (Å²) in [4.78, 5) is 13.2. The summed E-state index contributed by atoms with van der Waals surface area (Å²) in [5.74, 6) is -0.260. The van der Waals surface area contributed by atoms with Crippen molar-refractivity contribution in [3.8, 4) is 0 Å². The SMILES string of the molecule is CC/C=C\C/C=C\C/C=C\C/C=C\C/C=C\C/C=C\C/C=C\C/C=C\CCCCCCCCC(=O)NC(COC1OC(CO)C(OC2OC(CO)C(O)C(O)C2O)C(O)C1O)C(O)/C=C/CCCCCCCCCCCC. The Morgan fingerprint density at radius 1 is 0.481 bits per heavy atom. The van der Waals surface area contributed by atoms with Crippen molar-refractivity contribution in [2.75, 3.05) is 19.8 Å². The van der Waals surface area contributed by atoms with Crippen LogP contribution in [0.5, 0.6) is 0 Å². The predicted octanol–water partition coefficient (Wildman–Crippen LogP) is 10.1. The molecule has 440 valence electrons. The van der Waals surface area contributed by atoms with Crippen LogP contribution in [-0.4, -0.2) is 140 Å². The molecule has 0 spiro atoms. The predicted molar refractivity (Wildman–Crippen MR) is 309 cm³/mol. The summed E-state index contributed by atoms with van der Waals surface area (Å²) in [6.07, 6.45) is 49.8. The molecule has 2 saturated heterocycles. The topological polar surface area (TPSA) is 228 Å². The largest absolute Gasteiger partial charge is 0.394 e. The average Bonchev–Trinajstić information content (AvgIpc) is 3.43. The van der Waals surface area contributed by atoms with Crippen molar-refractivity contribution in [1.82, 2.24) is 5.32 Å². The summed E-state index contributed by atoms with van der Waals surface area (Å²) in [7, 11) is 0. The Morgan fingerprint density at radius 2 is 0.896 bits per heavy atom. The van der Waals surface area contributed by atoms with Crippen LogP contribution in [-0.2, 0) is 23.7 Å². The van der Waals surface area contributed by atoms with Crippen LogP contribution in [0.3, 0.4) is 0 Å². The van der Waals surface area contributed by atoms with Gasteiger partial charge in [-0.15, -0.1) is 0 Å². The Kier molecular flexibility index (Phi) is 43.0. The van der Waals surface area contributed by atoms with Gasteiger partial charge in [0.15, 0.2) is 12.6 Å². The zero-order valence-corrected chi connectivity index (χ0v) is 47.2. The van der Waals surface area contributed by atoms with Gasteiger partial charge in [-0.25, -0.2) is 0 Å². The standard InChI is InChI=1S/C63H105NO13/c1-3-5-7-9-11-13-15-17-18-19-20-21-22-23-24-25-26-27-28-29-30-31-32-33-34-35-37-39-41-43-45-47-55(68)64-51(52(67)46-44-42-40-38-36-16-14-12-10-8-6-4-2)50-74-62-60(73)58(71)61(54(49-66)76-62)77-63-59(72)57(70)56(69)53(48-65)75-63/h5,7,11,13,17-18,20-21,23-24,26-27,29-30,32-33,44,46,51-54,56-63,65-67,69-73H,3-4,6,8-10,12,14-16,19,22,25,28,31,34-43,45,47-50H2,1-2H3,(H,64,68)/b7-5-,13-11-,18-17-,21-20-,24-23-,27-26-,30-29-,33-32-,46-44+. The summed E-state index contributed by atoms with van der Waals surface area (Å²) in [6, 6.07) is -0.929. The summed E-state index contributed by atoms with van der Waals surface area (Å²) in [6.45, 7) is 2.64. The molecule has 1 amide bonds. The molecule has 2 heterocycles. The Labute approximate surface area is 464 Å². The Hall–Kier alpha value is -3.35. The van der Waals surface area contributed by atoms with Crippen molar-refractivity contribution in [3.63, 3.8) is 0 Å². The summed E-state index contributed by atoms with van der Waals surface area (Å²) < 4.78 is 22.7. The second kappa shape index (κ2) is 47.5. The number of carbonyl (C=O) groups is 1. The molecule has 2 rings (SSSR count). The molecule has 14 heteroatoms. The minimum atomic E-state index is -1.79. The van der Waals surface area contributed by atoms with Crippen molar-refractivity contribution in [3.05, 3.63) is 109 Å². The van der Waals surface area contributed by atoms with E-state index in [-0.39, 0.29) is 18.9 Å². The van der Waals surface area contributed by atoms with Crippen LogP contribution in [0.4, 0.5) is 0 Å². The van der Waals surface area contributed by atoms with Crippen LogP contribution < -0.4 is 5.32 Å². The van der Waals surface area contributed by atoms with Gasteiger partial charge >= 0.3 is 0 Å². The number of aliphatic hydroxyl groups excluding tert-OH is 8. The van der Waals surface area contributed by atoms with Crippen molar-refractivity contribution in [2.24, 2.45) is 0 Å². The van der Waals surface area contributed by atoms with E-state index in [4.69, 9.17) is 18.9 Å². The van der Waals surface area contributed by atoms with Gasteiger partial charge in [0.1, 0.15) is 48.8 Å². The molecular weight excluding hydrogens is 979 g/mol. The number of ether oxygens (including phenoxy) is 4. The second-order valence-electron chi connectivity index (χ2n) is 20.4. The third kappa shape index (κ3) is 33.1. The number of allylic oxidation sites excluding steroid dienone is 17. The fourth-order valence-corrected chi connectivity index (χ4v) is 8.95. The van der Waals surface area contributed by atoms with Crippen molar-refractivity contribution in [1.29, 1.82) is 0 Å². The zero-order valence-electron chi connectivity index (χ0n) is 47.2. The highest BCUT2D eigenvalue weighted by molar-refractivity contribution is 5.76. The monoisotopic (exact) mass is 1080 g/mol. The Bertz CT molecular complexity index is 1700. The van der Waals surface area contributed by atoms with Crippen LogP contribution in [0, 0.1) is 0 Å². The first-order valence-electron chi connectivity index (χ1n) is 29.6. The van der Waals surface area contributed by atoms with E-state index < -0.39 is 86.8 Å². The number of aliphatic hydroxyl groups is 8. The highest BCUT2D eigenvalue weighted by atomic mass is 16.7. The van der Waals surface area contributed by atoms with Gasteiger partial charge in [0.2, 0.25) is 5.91 Å². The molecule has 0 bridgehead atoms. The van der Waals surface area contributed by atoms with Crippen LogP contribution >= 0.6 is 0 Å². The fraction of sp³-hybridized carbons (Fsp3) is 0.698. The molecule has 77 heavy (non-hydrogen) atoms. The second-order valence-corrected chi connectivity index (χ2v) is 20.4. The number of hydrogen-bond donors (Lipinski definition) is 9. The van der Waals surface area contributed by atoms with Crippen LogP contribution in [0.2, 0.25) is 0 Å². The number of unbranched alkanes of at least 4 members (excludes halogenated alkanes) is 16. The first-order valence-corrected chi connectivity index (χ1v) is 29.6. The fourth-order valence-electron chi connectivity index (χ4n) is 8.95. The zero-order chi connectivity index (χ0) is 56.0. The van der Waals surface area contributed by atoms with Crippen molar-refractivity contribution >= 4 is 5.91 Å². The highest BCUT2D eigenvalue weighted by Crippen LogP contribution is 2.30. The van der Waals surface area contributed by atoms with E-state index in [0.717, 1.165) is 109 Å². The normalized spacial score (nSPS) is 25.5. The minimum Gasteiger partial charge on any atom is -0.394 e. The van der Waals surface area contributed by atoms with Crippen molar-refractivity contribution in [2.45, 2.75) is 261 Å². The van der Waals surface area contributed by atoms with Gasteiger partial charge in [0.25, 0.3) is 0 Å². The molecular formula is C63H105NO13. The maximum Gasteiger partial charge on any atom is 0.220 e. The van der Waals surface area contributed by atoms with Gasteiger partial charge in [0, 0.05) is 6.42 Å². The third-order valence-electron chi connectivity index (χ3n) is 13.7. The average molecular weight is 1080 g/mol. The molecule has 2 aliphatic rings. The van der Waals surface area contributed by atoms with Gasteiger partial charge in [0.05, 0.1) is 32.0 Å². The lowest BCUT2D eigenvalue weighted by Crippen LogP contribution is -2.65. The van der Waals surface area contributed by atoms with E-state index in [9.17, 15) is 45.6 Å². The summed E-state index contributed by atoms with van der Waals surface area (Å²) in [5.41, 5.74) is 0. The van der Waals surface area contributed by atoms with Gasteiger partial charge in [-0.05, 0) is 83.5 Å². The molecule has 0 saturated carbocycles. The molecule has 0 aromatic rings. The number of rotatable bonds is 45. The number of nitrogens with one attached hydrogen (secondary N) is 1. The van der Waals surface area contributed by atoms with Gasteiger partial charge in [-0.2, -0.15) is 0 Å². The van der Waals surface area contributed by atoms with Gasteiger partial charge in [-0.1, -0.05) is 207 Å². The maximum atomic E-state index is 13.2. The Balaban J connectivity index is 1.72. The van der Waals surface area contributed by atoms with Gasteiger partial charge < -0.3 is 65.1 Å². The number of amides is 1. The van der Waals surface area contributed by atoms with E-state index in [1.807, 2.05) is 6.08 Å². The summed E-state index contributed by atoms with van der Waals surface area (Å²) >= 11 is 0. The molecule has 2 fully saturated rings. The molecule has 14 nitrogen and oxygen atoms in total. The molecule has 0 aliphatic carbocycles. The lowest BCUT2D eigenvalue weighted by molar-refractivity contribution is -0.359. The van der Waals surface area contributed by atoms with Crippen LogP contribution in [0.1, 0.15) is 187 Å². The van der Waals surface area contributed by atoms with E-state index in [1.165, 1.54) is 51.4 Å². The molecule has 2 aliphatic heterocycles. The number of carbonyl (C=O) groups excluding carboxylic acids is 1. The lowest BCUT2D eigenvalue weighted by atomic mass is 9.97. The smallest absolute Gasteiger partial charge is 0.220 e. The van der Waals surface area contributed by atoms with E-state index in [1.54, 1.807) is 6.08 Å². The summed E-state index contributed by atoms with van der Waals surface area (Å²) in [5, 5.41) is 86.9. The van der Waals surface area contributed by atoms with E-state index in [0.29, 0.717) is 6.42 Å². The first kappa shape index (κ1) is 69.8.